The molecule has 0 amide bonds. The van der Waals surface area contributed by atoms with E-state index in [-0.39, 0.29) is 5.82 Å². The summed E-state index contributed by atoms with van der Waals surface area (Å²) in [6.07, 6.45) is 2.22. The van der Waals surface area contributed by atoms with Gasteiger partial charge in [0.15, 0.2) is 0 Å². The van der Waals surface area contributed by atoms with Crippen molar-refractivity contribution in [2.24, 2.45) is 0 Å². The van der Waals surface area contributed by atoms with Crippen LogP contribution in [0.25, 0.3) is 0 Å². The Labute approximate surface area is 117 Å². The fraction of sp³-hybridized carbons (Fsp3) is 0.267. The maximum Gasteiger partial charge on any atom is 0.131 e. The van der Waals surface area contributed by atoms with Crippen LogP contribution in [0.5, 0.6) is 5.75 Å². The molecule has 0 radical (unpaired) electrons. The van der Waals surface area contributed by atoms with Gasteiger partial charge in [-0.1, -0.05) is 12.1 Å². The van der Waals surface area contributed by atoms with E-state index in [1.54, 1.807) is 18.3 Å². The second-order valence-corrected chi connectivity index (χ2v) is 4.85. The number of aryl methyl sites for hydroxylation is 1. The minimum atomic E-state index is -0.445. The highest BCUT2D eigenvalue weighted by atomic mass is 35.5. The molecule has 0 spiro atoms. The maximum absolute atomic E-state index is 13.9. The van der Waals surface area contributed by atoms with Crippen LogP contribution in [-0.2, 0) is 6.42 Å². The van der Waals surface area contributed by atoms with Gasteiger partial charge < -0.3 is 4.74 Å². The fourth-order valence-electron chi connectivity index (χ4n) is 1.90. The lowest BCUT2D eigenvalue weighted by Gasteiger charge is -2.12. The van der Waals surface area contributed by atoms with Gasteiger partial charge in [0.2, 0.25) is 0 Å². The number of pyridine rings is 1. The van der Waals surface area contributed by atoms with E-state index in [1.165, 1.54) is 13.2 Å². The lowest BCUT2D eigenvalue weighted by atomic mass is 10.0. The van der Waals surface area contributed by atoms with Gasteiger partial charge in [-0.05, 0) is 24.6 Å². The van der Waals surface area contributed by atoms with Crippen LogP contribution in [0.2, 0.25) is 0 Å². The second kappa shape index (κ2) is 6.02. The van der Waals surface area contributed by atoms with Gasteiger partial charge >= 0.3 is 0 Å². The minimum absolute atomic E-state index is 0.354. The Morgan fingerprint density at radius 1 is 1.37 bits per heavy atom. The Morgan fingerprint density at radius 3 is 2.79 bits per heavy atom. The van der Waals surface area contributed by atoms with Crippen LogP contribution in [0.1, 0.15) is 22.2 Å². The third-order valence-corrected chi connectivity index (χ3v) is 3.42. The molecular weight excluding hydrogens is 265 g/mol. The number of hydrogen-bond donors (Lipinski definition) is 0. The minimum Gasteiger partial charge on any atom is -0.497 e. The van der Waals surface area contributed by atoms with Gasteiger partial charge in [-0.2, -0.15) is 0 Å². The molecule has 1 unspecified atom stereocenters. The van der Waals surface area contributed by atoms with Crippen molar-refractivity contribution in [1.29, 1.82) is 0 Å². The second-order valence-electron chi connectivity index (χ2n) is 4.33. The largest absolute Gasteiger partial charge is 0.497 e. The van der Waals surface area contributed by atoms with Crippen molar-refractivity contribution in [3.63, 3.8) is 0 Å². The number of rotatable bonds is 4. The summed E-state index contributed by atoms with van der Waals surface area (Å²) in [6.45, 7) is 1.97. The quantitative estimate of drug-likeness (QED) is 0.788. The van der Waals surface area contributed by atoms with Gasteiger partial charge in [0.05, 0.1) is 12.5 Å². The SMILES string of the molecule is COc1ccc(C(Cl)Cc2ncccc2C)c(F)c1. The first-order chi connectivity index (χ1) is 9.11. The fourth-order valence-corrected chi connectivity index (χ4v) is 2.22. The highest BCUT2D eigenvalue weighted by Crippen LogP contribution is 2.29. The first-order valence-corrected chi connectivity index (χ1v) is 6.43. The third-order valence-electron chi connectivity index (χ3n) is 3.04. The molecule has 4 heteroatoms. The summed E-state index contributed by atoms with van der Waals surface area (Å²) in [5.41, 5.74) is 2.41. The first kappa shape index (κ1) is 13.8. The Morgan fingerprint density at radius 2 is 2.16 bits per heavy atom. The lowest BCUT2D eigenvalue weighted by Crippen LogP contribution is -2.02. The van der Waals surface area contributed by atoms with Crippen LogP contribution in [-0.4, -0.2) is 12.1 Å². The van der Waals surface area contributed by atoms with Crippen molar-refractivity contribution >= 4 is 11.6 Å². The van der Waals surface area contributed by atoms with Gasteiger partial charge in [0.25, 0.3) is 0 Å². The number of ether oxygens (including phenoxy) is 1. The molecule has 0 saturated heterocycles. The van der Waals surface area contributed by atoms with E-state index in [1.807, 2.05) is 19.1 Å². The number of halogens is 2. The topological polar surface area (TPSA) is 22.1 Å². The molecule has 0 N–H and O–H groups in total. The van der Waals surface area contributed by atoms with E-state index in [4.69, 9.17) is 16.3 Å². The van der Waals surface area contributed by atoms with Gasteiger partial charge in [-0.25, -0.2) is 4.39 Å². The highest BCUT2D eigenvalue weighted by molar-refractivity contribution is 6.20. The molecule has 0 aliphatic carbocycles. The number of alkyl halides is 1. The van der Waals surface area contributed by atoms with Crippen molar-refractivity contribution in [2.75, 3.05) is 7.11 Å². The van der Waals surface area contributed by atoms with E-state index >= 15 is 0 Å². The lowest BCUT2D eigenvalue weighted by molar-refractivity contribution is 0.410. The van der Waals surface area contributed by atoms with Crippen LogP contribution in [0.4, 0.5) is 4.39 Å². The van der Waals surface area contributed by atoms with Crippen molar-refractivity contribution in [2.45, 2.75) is 18.7 Å². The van der Waals surface area contributed by atoms with Gasteiger partial charge in [-0.3, -0.25) is 4.98 Å². The predicted molar refractivity (Wildman–Crippen MR) is 74.2 cm³/mol. The maximum atomic E-state index is 13.9. The van der Waals surface area contributed by atoms with E-state index in [0.717, 1.165) is 11.3 Å². The number of benzene rings is 1. The van der Waals surface area contributed by atoms with Crippen LogP contribution < -0.4 is 4.74 Å². The van der Waals surface area contributed by atoms with Crippen molar-refractivity contribution in [3.8, 4) is 5.75 Å². The van der Waals surface area contributed by atoms with Gasteiger partial charge in [-0.15, -0.1) is 11.6 Å². The highest BCUT2D eigenvalue weighted by Gasteiger charge is 2.16. The Hall–Kier alpha value is -1.61. The van der Waals surface area contributed by atoms with E-state index in [2.05, 4.69) is 4.98 Å². The van der Waals surface area contributed by atoms with Crippen molar-refractivity contribution < 1.29 is 9.13 Å². The predicted octanol–water partition coefficient (Wildman–Crippen LogP) is 4.06. The van der Waals surface area contributed by atoms with Crippen LogP contribution in [0, 0.1) is 12.7 Å². The zero-order chi connectivity index (χ0) is 13.8. The Balaban J connectivity index is 2.21. The number of nitrogens with zero attached hydrogens (tertiary/aromatic N) is 1. The van der Waals surface area contributed by atoms with E-state index in [9.17, 15) is 4.39 Å². The summed E-state index contributed by atoms with van der Waals surface area (Å²) in [6, 6.07) is 8.55. The zero-order valence-electron chi connectivity index (χ0n) is 10.9. The molecule has 2 nitrogen and oxygen atoms in total. The molecule has 0 aliphatic heterocycles. The monoisotopic (exact) mass is 279 g/mol. The summed E-state index contributed by atoms with van der Waals surface area (Å²) >= 11 is 6.29. The standard InChI is InChI=1S/C15H15ClFNO/c1-10-4-3-7-18-15(10)9-13(16)12-6-5-11(19-2)8-14(12)17/h3-8,13H,9H2,1-2H3. The van der Waals surface area contributed by atoms with E-state index in [0.29, 0.717) is 17.7 Å². The first-order valence-electron chi connectivity index (χ1n) is 6.00. The number of hydrogen-bond acceptors (Lipinski definition) is 2. The zero-order valence-corrected chi connectivity index (χ0v) is 11.6. The molecule has 1 heterocycles. The number of aromatic nitrogens is 1. The van der Waals surface area contributed by atoms with Crippen molar-refractivity contribution in [1.82, 2.24) is 4.98 Å². The molecule has 19 heavy (non-hydrogen) atoms. The molecule has 2 aromatic rings. The summed E-state index contributed by atoms with van der Waals surface area (Å²) in [7, 11) is 1.50. The normalized spacial score (nSPS) is 12.2. The summed E-state index contributed by atoms with van der Waals surface area (Å²) < 4.78 is 18.9. The van der Waals surface area contributed by atoms with Crippen molar-refractivity contribution in [3.05, 3.63) is 59.2 Å². The van der Waals surface area contributed by atoms with Crippen LogP contribution in [0.15, 0.2) is 36.5 Å². The molecule has 0 saturated carbocycles. The molecule has 1 aromatic carbocycles. The summed E-state index contributed by atoms with van der Waals surface area (Å²) in [5.74, 6) is 0.132. The molecule has 1 aromatic heterocycles. The molecule has 100 valence electrons. The Bertz CT molecular complexity index is 574. The Kier molecular flexibility index (Phi) is 4.38. The van der Waals surface area contributed by atoms with Gasteiger partial charge in [0, 0.05) is 29.9 Å². The molecular formula is C15H15ClFNO. The molecule has 1 atom stereocenters. The average Bonchev–Trinajstić information content (AvgIpc) is 2.41. The molecule has 2 rings (SSSR count). The third kappa shape index (κ3) is 3.24. The molecule has 0 bridgehead atoms. The average molecular weight is 280 g/mol. The van der Waals surface area contributed by atoms with Crippen LogP contribution in [0.3, 0.4) is 0 Å². The smallest absolute Gasteiger partial charge is 0.131 e. The molecule has 0 fully saturated rings. The van der Waals surface area contributed by atoms with Crippen LogP contribution >= 0.6 is 11.6 Å². The van der Waals surface area contributed by atoms with Gasteiger partial charge in [0.1, 0.15) is 11.6 Å². The number of methoxy groups -OCH3 is 1. The molecule has 0 aliphatic rings. The van der Waals surface area contributed by atoms with E-state index < -0.39 is 5.38 Å². The summed E-state index contributed by atoms with van der Waals surface area (Å²) in [4.78, 5) is 4.28. The summed E-state index contributed by atoms with van der Waals surface area (Å²) in [5, 5.41) is -0.445.